The number of nitrogens with one attached hydrogen (secondary N) is 2. The first-order chi connectivity index (χ1) is 11.1. The van der Waals surface area contributed by atoms with Crippen molar-refractivity contribution in [1.82, 2.24) is 9.97 Å². The summed E-state index contributed by atoms with van der Waals surface area (Å²) < 4.78 is 5.61. The van der Waals surface area contributed by atoms with Crippen LogP contribution in [0.5, 0.6) is 0 Å². The molecule has 1 aliphatic rings. The lowest BCUT2D eigenvalue weighted by atomic mass is 10.2. The molecule has 1 aliphatic heterocycles. The molecule has 1 aromatic carbocycles. The third-order valence-corrected chi connectivity index (χ3v) is 4.13. The van der Waals surface area contributed by atoms with Crippen LogP contribution >= 0.6 is 23.2 Å². The van der Waals surface area contributed by atoms with E-state index in [9.17, 15) is 0 Å². The summed E-state index contributed by atoms with van der Waals surface area (Å²) in [6, 6.07) is 7.12. The van der Waals surface area contributed by atoms with Gasteiger partial charge in [-0.3, -0.25) is 0 Å². The molecule has 1 saturated heterocycles. The first-order valence-corrected chi connectivity index (χ1v) is 8.29. The lowest BCUT2D eigenvalue weighted by molar-refractivity contribution is 0.120. The summed E-state index contributed by atoms with van der Waals surface area (Å²) in [6.45, 7) is 3.51. The lowest BCUT2D eigenvalue weighted by Crippen LogP contribution is -2.19. The van der Waals surface area contributed by atoms with E-state index in [1.54, 1.807) is 18.2 Å². The quantitative estimate of drug-likeness (QED) is 0.833. The largest absolute Gasteiger partial charge is 0.376 e. The highest BCUT2D eigenvalue weighted by molar-refractivity contribution is 6.35. The van der Waals surface area contributed by atoms with Gasteiger partial charge in [-0.1, -0.05) is 23.2 Å². The van der Waals surface area contributed by atoms with Crippen molar-refractivity contribution in [3.63, 3.8) is 0 Å². The maximum Gasteiger partial charge on any atom is 0.229 e. The van der Waals surface area contributed by atoms with E-state index < -0.39 is 0 Å². The highest BCUT2D eigenvalue weighted by Gasteiger charge is 2.15. The van der Waals surface area contributed by atoms with E-state index in [0.717, 1.165) is 37.5 Å². The Morgan fingerprint density at radius 1 is 1.26 bits per heavy atom. The van der Waals surface area contributed by atoms with Gasteiger partial charge in [0.25, 0.3) is 0 Å². The SMILES string of the molecule is Cc1cc(NCC2CCCO2)nc(Nc2cc(Cl)ccc2Cl)n1. The Morgan fingerprint density at radius 2 is 2.13 bits per heavy atom. The summed E-state index contributed by atoms with van der Waals surface area (Å²) in [5, 5.41) is 7.58. The van der Waals surface area contributed by atoms with Crippen LogP contribution in [0.4, 0.5) is 17.5 Å². The highest BCUT2D eigenvalue weighted by atomic mass is 35.5. The molecule has 23 heavy (non-hydrogen) atoms. The number of halogens is 2. The van der Waals surface area contributed by atoms with Gasteiger partial charge < -0.3 is 15.4 Å². The van der Waals surface area contributed by atoms with E-state index >= 15 is 0 Å². The Labute approximate surface area is 145 Å². The van der Waals surface area contributed by atoms with E-state index in [1.807, 2.05) is 13.0 Å². The molecule has 0 radical (unpaired) electrons. The number of hydrogen-bond acceptors (Lipinski definition) is 5. The molecule has 0 aliphatic carbocycles. The van der Waals surface area contributed by atoms with Gasteiger partial charge in [-0.05, 0) is 38.0 Å². The van der Waals surface area contributed by atoms with Gasteiger partial charge in [-0.25, -0.2) is 4.98 Å². The second-order valence-electron chi connectivity index (χ2n) is 5.48. The van der Waals surface area contributed by atoms with Crippen molar-refractivity contribution in [1.29, 1.82) is 0 Å². The number of aromatic nitrogens is 2. The molecule has 2 N–H and O–H groups in total. The van der Waals surface area contributed by atoms with Crippen molar-refractivity contribution >= 4 is 40.7 Å². The molecule has 0 spiro atoms. The third-order valence-electron chi connectivity index (χ3n) is 3.56. The zero-order valence-electron chi connectivity index (χ0n) is 12.8. The number of rotatable bonds is 5. The molecule has 0 bridgehead atoms. The maximum absolute atomic E-state index is 6.16. The number of anilines is 3. The van der Waals surface area contributed by atoms with Crippen LogP contribution in [0.2, 0.25) is 10.0 Å². The van der Waals surface area contributed by atoms with Gasteiger partial charge in [0.2, 0.25) is 5.95 Å². The van der Waals surface area contributed by atoms with Crippen molar-refractivity contribution in [2.45, 2.75) is 25.9 Å². The van der Waals surface area contributed by atoms with E-state index in [0.29, 0.717) is 21.7 Å². The Hall–Kier alpha value is -1.56. The van der Waals surface area contributed by atoms with Crippen LogP contribution in [0.25, 0.3) is 0 Å². The predicted molar refractivity (Wildman–Crippen MR) is 94.0 cm³/mol. The first kappa shape index (κ1) is 16.3. The molecule has 0 amide bonds. The fraction of sp³-hybridized carbons (Fsp3) is 0.375. The molecule has 5 nitrogen and oxygen atoms in total. The molecule has 7 heteroatoms. The Balaban J connectivity index is 1.72. The molecule has 1 atom stereocenters. The van der Waals surface area contributed by atoms with Crippen LogP contribution in [0.15, 0.2) is 24.3 Å². The number of ether oxygens (including phenoxy) is 1. The smallest absolute Gasteiger partial charge is 0.229 e. The topological polar surface area (TPSA) is 59.1 Å². The van der Waals surface area contributed by atoms with Gasteiger partial charge in [0.15, 0.2) is 0 Å². The van der Waals surface area contributed by atoms with E-state index in [1.165, 1.54) is 0 Å². The van der Waals surface area contributed by atoms with Crippen LogP contribution in [-0.2, 0) is 4.74 Å². The monoisotopic (exact) mass is 352 g/mol. The van der Waals surface area contributed by atoms with Crippen molar-refractivity contribution in [2.75, 3.05) is 23.8 Å². The molecular weight excluding hydrogens is 335 g/mol. The minimum Gasteiger partial charge on any atom is -0.376 e. The van der Waals surface area contributed by atoms with E-state index in [4.69, 9.17) is 27.9 Å². The maximum atomic E-state index is 6.16. The first-order valence-electron chi connectivity index (χ1n) is 7.53. The normalized spacial score (nSPS) is 17.3. The molecule has 2 heterocycles. The van der Waals surface area contributed by atoms with Crippen molar-refractivity contribution < 1.29 is 4.74 Å². The molecule has 1 aromatic heterocycles. The standard InChI is InChI=1S/C16H18Cl2N4O/c1-10-7-15(19-9-12-3-2-6-23-12)22-16(20-10)21-14-8-11(17)4-5-13(14)18/h4-5,7-8,12H,2-3,6,9H2,1H3,(H2,19,20,21,22). The Morgan fingerprint density at radius 3 is 2.91 bits per heavy atom. The number of benzene rings is 1. The zero-order valence-corrected chi connectivity index (χ0v) is 14.3. The fourth-order valence-electron chi connectivity index (χ4n) is 2.45. The minimum atomic E-state index is 0.254. The molecule has 2 aromatic rings. The summed E-state index contributed by atoms with van der Waals surface area (Å²) in [4.78, 5) is 8.85. The Bertz CT molecular complexity index is 690. The summed E-state index contributed by atoms with van der Waals surface area (Å²) in [7, 11) is 0. The summed E-state index contributed by atoms with van der Waals surface area (Å²) in [6.07, 6.45) is 2.46. The lowest BCUT2D eigenvalue weighted by Gasteiger charge is -2.13. The average Bonchev–Trinajstić information content (AvgIpc) is 3.02. The molecule has 0 saturated carbocycles. The minimum absolute atomic E-state index is 0.254. The third kappa shape index (κ3) is 4.47. The molecule has 1 fully saturated rings. The van der Waals surface area contributed by atoms with Gasteiger partial charge in [0.05, 0.1) is 16.8 Å². The molecule has 1 unspecified atom stereocenters. The van der Waals surface area contributed by atoms with Gasteiger partial charge in [0, 0.05) is 29.9 Å². The number of aryl methyl sites for hydroxylation is 1. The average molecular weight is 353 g/mol. The summed E-state index contributed by atoms with van der Waals surface area (Å²) in [5.74, 6) is 1.23. The number of nitrogens with zero attached hydrogens (tertiary/aromatic N) is 2. The predicted octanol–water partition coefficient (Wildman–Crippen LogP) is 4.43. The van der Waals surface area contributed by atoms with Crippen LogP contribution < -0.4 is 10.6 Å². The van der Waals surface area contributed by atoms with Gasteiger partial charge in [-0.15, -0.1) is 0 Å². The molecule has 122 valence electrons. The second kappa shape index (κ2) is 7.34. The van der Waals surface area contributed by atoms with Crippen molar-refractivity contribution in [2.24, 2.45) is 0 Å². The van der Waals surface area contributed by atoms with Crippen molar-refractivity contribution in [3.8, 4) is 0 Å². The van der Waals surface area contributed by atoms with E-state index in [2.05, 4.69) is 20.6 Å². The van der Waals surface area contributed by atoms with Crippen LogP contribution in [0.3, 0.4) is 0 Å². The molecule has 3 rings (SSSR count). The van der Waals surface area contributed by atoms with E-state index in [-0.39, 0.29) is 6.10 Å². The fourth-order valence-corrected chi connectivity index (χ4v) is 2.79. The molecular formula is C16H18Cl2N4O. The van der Waals surface area contributed by atoms with Crippen LogP contribution in [0, 0.1) is 6.92 Å². The van der Waals surface area contributed by atoms with Gasteiger partial charge in [0.1, 0.15) is 5.82 Å². The summed E-state index contributed by atoms with van der Waals surface area (Å²) in [5.41, 5.74) is 1.53. The van der Waals surface area contributed by atoms with Crippen LogP contribution in [0.1, 0.15) is 18.5 Å². The summed E-state index contributed by atoms with van der Waals surface area (Å²) >= 11 is 12.2. The second-order valence-corrected chi connectivity index (χ2v) is 6.33. The number of hydrogen-bond donors (Lipinski definition) is 2. The highest BCUT2D eigenvalue weighted by Crippen LogP contribution is 2.27. The zero-order chi connectivity index (χ0) is 16.2. The van der Waals surface area contributed by atoms with Gasteiger partial charge >= 0.3 is 0 Å². The van der Waals surface area contributed by atoms with Crippen molar-refractivity contribution in [3.05, 3.63) is 40.0 Å². The van der Waals surface area contributed by atoms with Gasteiger partial charge in [-0.2, -0.15) is 4.98 Å². The Kier molecular flexibility index (Phi) is 5.20. The van der Waals surface area contributed by atoms with Crippen LogP contribution in [-0.4, -0.2) is 29.2 Å².